The number of rotatable bonds is 5. The Morgan fingerprint density at radius 3 is 2.30 bits per heavy atom. The van der Waals surface area contributed by atoms with Gasteiger partial charge in [0.05, 0.1) is 17.5 Å². The maximum Gasteiger partial charge on any atom is 2.00 e. The molecule has 0 heterocycles. The number of ether oxygens (including phenoxy) is 1. The summed E-state index contributed by atoms with van der Waals surface area (Å²) in [6.07, 6.45) is 0. The van der Waals surface area contributed by atoms with E-state index in [1.807, 2.05) is 37.3 Å². The summed E-state index contributed by atoms with van der Waals surface area (Å²) in [4.78, 5) is 0. The van der Waals surface area contributed by atoms with E-state index < -0.39 is 0 Å². The molecule has 0 aromatic heterocycles. The van der Waals surface area contributed by atoms with Crippen LogP contribution in [0.1, 0.15) is 19.4 Å². The third-order valence-corrected chi connectivity index (χ3v) is 2.88. The van der Waals surface area contributed by atoms with Gasteiger partial charge in [-0.05, 0) is 19.0 Å². The van der Waals surface area contributed by atoms with E-state index in [2.05, 4.69) is 25.7 Å². The fourth-order valence-electron chi connectivity index (χ4n) is 1.40. The maximum absolute atomic E-state index is 5.06. The number of hydrogen-bond acceptors (Lipinski definition) is 7. The summed E-state index contributed by atoms with van der Waals surface area (Å²) in [5.41, 5.74) is 1.96. The van der Waals surface area contributed by atoms with Crippen molar-refractivity contribution >= 4 is 47.1 Å². The molecule has 0 atom stereocenters. The van der Waals surface area contributed by atoms with Crippen molar-refractivity contribution in [2.24, 2.45) is 20.4 Å². The van der Waals surface area contributed by atoms with Crippen LogP contribution in [0.25, 0.3) is 0 Å². The number of nitrogens with zero attached hydrogens (tertiary/aromatic N) is 4. The molecule has 1 aromatic carbocycles. The van der Waals surface area contributed by atoms with Crippen molar-refractivity contribution in [2.75, 3.05) is 13.7 Å². The zero-order valence-corrected chi connectivity index (χ0v) is 17.9. The molecule has 0 aliphatic rings. The van der Waals surface area contributed by atoms with Crippen LogP contribution in [0.2, 0.25) is 0 Å². The quantitative estimate of drug-likeness (QED) is 0.269. The minimum absolute atomic E-state index is 0. The monoisotopic (exact) mass is 399 g/mol. The first kappa shape index (κ1) is 21.6. The van der Waals surface area contributed by atoms with Crippen molar-refractivity contribution in [3.8, 4) is 0 Å². The van der Waals surface area contributed by atoms with E-state index in [1.54, 1.807) is 14.0 Å². The first-order valence-corrected chi connectivity index (χ1v) is 7.38. The molecule has 9 heteroatoms. The van der Waals surface area contributed by atoms with Crippen LogP contribution in [-0.4, -0.2) is 35.5 Å². The van der Waals surface area contributed by atoms with Gasteiger partial charge in [-0.25, -0.2) is 0 Å². The van der Waals surface area contributed by atoms with Gasteiger partial charge in [0, 0.05) is 12.6 Å². The van der Waals surface area contributed by atoms with Crippen molar-refractivity contribution in [3.05, 3.63) is 35.9 Å². The zero-order chi connectivity index (χ0) is 16.4. The molecule has 118 valence electrons. The Kier molecular flexibility index (Phi) is 11.3. The molecule has 0 spiro atoms. The van der Waals surface area contributed by atoms with Gasteiger partial charge in [-0.3, -0.25) is 0 Å². The molecule has 6 nitrogen and oxygen atoms in total. The number of hydrogen-bond donors (Lipinski definition) is 1. The fraction of sp³-hybridized carbons (Fsp3) is 0.286. The van der Waals surface area contributed by atoms with Crippen molar-refractivity contribution < 1.29 is 24.2 Å². The van der Waals surface area contributed by atoms with Gasteiger partial charge >= 0.3 is 19.5 Å². The van der Waals surface area contributed by atoms with Gasteiger partial charge in [0.25, 0.3) is 0 Å². The van der Waals surface area contributed by atoms with Gasteiger partial charge in [-0.2, -0.15) is 10.2 Å². The summed E-state index contributed by atoms with van der Waals surface area (Å²) >= 11 is 9.87. The van der Waals surface area contributed by atoms with Gasteiger partial charge in [0.1, 0.15) is 5.71 Å². The predicted molar refractivity (Wildman–Crippen MR) is 96.4 cm³/mol. The third-order valence-electron chi connectivity index (χ3n) is 2.39. The fourth-order valence-corrected chi connectivity index (χ4v) is 1.60. The van der Waals surface area contributed by atoms with E-state index in [-0.39, 0.29) is 29.9 Å². The molecule has 0 amide bonds. The molecule has 1 N–H and O–H groups in total. The van der Waals surface area contributed by atoms with E-state index in [4.69, 9.17) is 30.0 Å². The number of amidine groups is 1. The molecule has 1 rings (SSSR count). The maximum atomic E-state index is 5.06. The van der Waals surface area contributed by atoms with E-state index in [9.17, 15) is 0 Å². The summed E-state index contributed by atoms with van der Waals surface area (Å²) in [7, 11) is 1.68. The van der Waals surface area contributed by atoms with Crippen LogP contribution in [0.15, 0.2) is 50.7 Å². The molecule has 0 fully saturated rings. The SMILES string of the molecule is CCOC([S-])=NN=C(C)C(=NN=C([S-])NC)c1ccccc1.[Zn+2]. The Morgan fingerprint density at radius 2 is 1.74 bits per heavy atom. The van der Waals surface area contributed by atoms with Crippen LogP contribution < -0.4 is 5.32 Å². The number of benzene rings is 1. The summed E-state index contributed by atoms with van der Waals surface area (Å²) in [5.74, 6) is 0. The van der Waals surface area contributed by atoms with E-state index >= 15 is 0 Å². The van der Waals surface area contributed by atoms with Crippen molar-refractivity contribution in [1.82, 2.24) is 5.32 Å². The van der Waals surface area contributed by atoms with Crippen LogP contribution in [-0.2, 0) is 49.5 Å². The zero-order valence-electron chi connectivity index (χ0n) is 13.3. The molecular formula is C14H17N5OS2Zn. The van der Waals surface area contributed by atoms with Crippen molar-refractivity contribution in [1.29, 1.82) is 0 Å². The molecule has 0 unspecified atom stereocenters. The van der Waals surface area contributed by atoms with Gasteiger partial charge in [0.15, 0.2) is 0 Å². The predicted octanol–water partition coefficient (Wildman–Crippen LogP) is 1.83. The summed E-state index contributed by atoms with van der Waals surface area (Å²) in [6, 6.07) is 9.51. The van der Waals surface area contributed by atoms with Gasteiger partial charge in [-0.15, -0.1) is 10.2 Å². The second kappa shape index (κ2) is 12.0. The van der Waals surface area contributed by atoms with Gasteiger partial charge in [0.2, 0.25) is 0 Å². The van der Waals surface area contributed by atoms with Crippen LogP contribution in [0, 0.1) is 0 Å². The van der Waals surface area contributed by atoms with Crippen LogP contribution in [0.5, 0.6) is 0 Å². The Morgan fingerprint density at radius 1 is 1.09 bits per heavy atom. The molecule has 23 heavy (non-hydrogen) atoms. The molecule has 0 saturated heterocycles. The van der Waals surface area contributed by atoms with E-state index in [0.29, 0.717) is 18.0 Å². The van der Waals surface area contributed by atoms with Crippen LogP contribution in [0.3, 0.4) is 0 Å². The second-order valence-electron chi connectivity index (χ2n) is 3.95. The Labute approximate surface area is 160 Å². The average Bonchev–Trinajstić information content (AvgIpc) is 2.54. The minimum Gasteiger partial charge on any atom is -0.741 e. The first-order valence-electron chi connectivity index (χ1n) is 6.56. The molecule has 0 radical (unpaired) electrons. The van der Waals surface area contributed by atoms with Crippen LogP contribution >= 0.6 is 0 Å². The second-order valence-corrected chi connectivity index (χ2v) is 4.69. The minimum atomic E-state index is 0. The van der Waals surface area contributed by atoms with Crippen LogP contribution in [0.4, 0.5) is 0 Å². The Hall–Kier alpha value is -1.44. The first-order chi connectivity index (χ1) is 10.6. The number of nitrogens with one attached hydrogen (secondary N) is 1. The molecule has 0 saturated carbocycles. The molecule has 1 aromatic rings. The molecular weight excluding hydrogens is 384 g/mol. The Bertz CT molecular complexity index is 602. The van der Waals surface area contributed by atoms with Crippen molar-refractivity contribution in [3.63, 3.8) is 0 Å². The van der Waals surface area contributed by atoms with Gasteiger partial charge in [-0.1, -0.05) is 30.3 Å². The average molecular weight is 401 g/mol. The van der Waals surface area contributed by atoms with Gasteiger partial charge < -0.3 is 35.3 Å². The van der Waals surface area contributed by atoms with Crippen molar-refractivity contribution in [2.45, 2.75) is 13.8 Å². The molecule has 0 aliphatic carbocycles. The third kappa shape index (κ3) is 8.11. The Balaban J connectivity index is 0.00000484. The smallest absolute Gasteiger partial charge is 0.741 e. The normalized spacial score (nSPS) is 13.3. The van der Waals surface area contributed by atoms with E-state index in [1.165, 1.54) is 0 Å². The molecule has 0 aliphatic heterocycles. The largest absolute Gasteiger partial charge is 2.00 e. The molecule has 0 bridgehead atoms. The summed E-state index contributed by atoms with van der Waals surface area (Å²) < 4.78 is 5.06. The standard InChI is InChI=1S/C14H19N5OS2.Zn/c1-4-20-14(22)19-16-10(2)12(17-18-13(21)15-3)11-8-6-5-7-9-11;/h5-9H,4H2,1-3H3,(H,19,22)(H2,15,18,21);/q;+2/p-2. The summed E-state index contributed by atoms with van der Waals surface area (Å²) in [5, 5.41) is 19.0. The topological polar surface area (TPSA) is 70.7 Å². The van der Waals surface area contributed by atoms with E-state index in [0.717, 1.165) is 5.56 Å². The summed E-state index contributed by atoms with van der Waals surface area (Å²) in [6.45, 7) is 4.04.